The molecule has 0 unspecified atom stereocenters. The zero-order valence-electron chi connectivity index (χ0n) is 15.3. The van der Waals surface area contributed by atoms with Crippen LogP contribution in [0.4, 0.5) is 0 Å². The van der Waals surface area contributed by atoms with Crippen molar-refractivity contribution in [2.24, 2.45) is 11.7 Å². The van der Waals surface area contributed by atoms with Crippen molar-refractivity contribution in [3.8, 4) is 10.6 Å². The van der Waals surface area contributed by atoms with Gasteiger partial charge in [0.25, 0.3) is 0 Å². The van der Waals surface area contributed by atoms with Crippen molar-refractivity contribution in [2.45, 2.75) is 32.4 Å². The molecule has 2 atom stereocenters. The van der Waals surface area contributed by atoms with Crippen LogP contribution in [-0.2, 0) is 16.1 Å². The van der Waals surface area contributed by atoms with E-state index in [0.29, 0.717) is 26.1 Å². The fraction of sp³-hybridized carbons (Fsp3) is 0.421. The Balaban J connectivity index is 0.00000261. The molecule has 2 amide bonds. The van der Waals surface area contributed by atoms with Gasteiger partial charge in [-0.05, 0) is 12.8 Å². The second kappa shape index (κ2) is 9.82. The van der Waals surface area contributed by atoms with Gasteiger partial charge in [-0.15, -0.1) is 23.7 Å². The predicted molar refractivity (Wildman–Crippen MR) is 110 cm³/mol. The normalized spacial score (nSPS) is 19.7. The van der Waals surface area contributed by atoms with Crippen molar-refractivity contribution in [1.29, 1.82) is 0 Å². The Kier molecular flexibility index (Phi) is 7.77. The van der Waals surface area contributed by atoms with E-state index in [0.717, 1.165) is 22.7 Å². The molecule has 1 aliphatic rings. The van der Waals surface area contributed by atoms with Crippen LogP contribution in [0.3, 0.4) is 0 Å². The van der Waals surface area contributed by atoms with Crippen molar-refractivity contribution in [2.75, 3.05) is 13.1 Å². The number of nitrogens with one attached hydrogen (secondary N) is 1. The molecule has 2 aromatic rings. The molecule has 8 heteroatoms. The van der Waals surface area contributed by atoms with Gasteiger partial charge in [0.05, 0.1) is 18.2 Å². The molecule has 1 aromatic carbocycles. The summed E-state index contributed by atoms with van der Waals surface area (Å²) in [5.74, 6) is -0.300. The molecule has 1 aliphatic heterocycles. The summed E-state index contributed by atoms with van der Waals surface area (Å²) in [6.45, 7) is 2.87. The second-order valence-electron chi connectivity index (χ2n) is 6.69. The summed E-state index contributed by atoms with van der Waals surface area (Å²) in [5, 5.41) is 5.87. The number of benzene rings is 1. The van der Waals surface area contributed by atoms with Crippen LogP contribution in [0.25, 0.3) is 10.6 Å². The molecule has 2 heterocycles. The van der Waals surface area contributed by atoms with E-state index in [9.17, 15) is 9.59 Å². The summed E-state index contributed by atoms with van der Waals surface area (Å²) in [6, 6.07) is 9.91. The zero-order chi connectivity index (χ0) is 18.5. The van der Waals surface area contributed by atoms with Crippen LogP contribution < -0.4 is 11.1 Å². The van der Waals surface area contributed by atoms with Gasteiger partial charge in [-0.25, -0.2) is 4.98 Å². The van der Waals surface area contributed by atoms with Gasteiger partial charge in [0.1, 0.15) is 5.01 Å². The number of hydrogen-bond donors (Lipinski definition) is 2. The van der Waals surface area contributed by atoms with Gasteiger partial charge in [-0.3, -0.25) is 9.59 Å². The third-order valence-electron chi connectivity index (χ3n) is 4.61. The molecule has 1 saturated heterocycles. The summed E-state index contributed by atoms with van der Waals surface area (Å²) in [4.78, 5) is 30.5. The van der Waals surface area contributed by atoms with Crippen LogP contribution in [0, 0.1) is 5.92 Å². The molecular weight excluding hydrogens is 384 g/mol. The summed E-state index contributed by atoms with van der Waals surface area (Å²) < 4.78 is 0. The van der Waals surface area contributed by atoms with Crippen molar-refractivity contribution in [3.05, 3.63) is 41.4 Å². The minimum absolute atomic E-state index is 0. The third kappa shape index (κ3) is 5.76. The number of halogens is 1. The summed E-state index contributed by atoms with van der Waals surface area (Å²) in [7, 11) is 0. The van der Waals surface area contributed by atoms with E-state index in [-0.39, 0.29) is 36.2 Å². The molecule has 0 saturated carbocycles. The molecule has 146 valence electrons. The first-order chi connectivity index (χ1) is 12.5. The number of nitrogens with two attached hydrogens (primary N) is 1. The summed E-state index contributed by atoms with van der Waals surface area (Å²) in [5.41, 5.74) is 7.93. The van der Waals surface area contributed by atoms with E-state index < -0.39 is 0 Å². The maximum Gasteiger partial charge on any atom is 0.225 e. The lowest BCUT2D eigenvalue weighted by Gasteiger charge is -2.23. The molecule has 1 fully saturated rings. The highest BCUT2D eigenvalue weighted by molar-refractivity contribution is 7.13. The lowest BCUT2D eigenvalue weighted by Crippen LogP contribution is -2.42. The van der Waals surface area contributed by atoms with Crippen LogP contribution in [0.15, 0.2) is 35.7 Å². The van der Waals surface area contributed by atoms with E-state index in [2.05, 4.69) is 10.3 Å². The lowest BCUT2D eigenvalue weighted by atomic mass is 10.0. The van der Waals surface area contributed by atoms with Gasteiger partial charge >= 0.3 is 0 Å². The first-order valence-corrected chi connectivity index (χ1v) is 9.69. The SMILES string of the molecule is CC(=O)N1C[C@@H](N)CC[C@@H](C(=O)NCc2csc(-c3ccccc3)n2)C1.Cl. The molecule has 27 heavy (non-hydrogen) atoms. The maximum absolute atomic E-state index is 12.6. The highest BCUT2D eigenvalue weighted by atomic mass is 35.5. The van der Waals surface area contributed by atoms with Crippen LogP contribution in [-0.4, -0.2) is 40.8 Å². The third-order valence-corrected chi connectivity index (χ3v) is 5.55. The van der Waals surface area contributed by atoms with Gasteiger partial charge in [-0.2, -0.15) is 0 Å². The minimum atomic E-state index is -0.223. The van der Waals surface area contributed by atoms with E-state index in [1.54, 1.807) is 16.2 Å². The number of aromatic nitrogens is 1. The number of carbonyl (C=O) groups excluding carboxylic acids is 2. The van der Waals surface area contributed by atoms with Crippen molar-refractivity contribution < 1.29 is 9.59 Å². The molecule has 0 aliphatic carbocycles. The smallest absolute Gasteiger partial charge is 0.225 e. The standard InChI is InChI=1S/C19H24N4O2S.ClH/c1-13(24)23-10-15(7-8-16(20)11-23)18(25)21-9-17-12-26-19(22-17)14-5-3-2-4-6-14;/h2-6,12,15-16H,7-11,20H2,1H3,(H,21,25);1H/t15-,16+;/m1./s1. The highest BCUT2D eigenvalue weighted by Crippen LogP contribution is 2.23. The van der Waals surface area contributed by atoms with Gasteiger partial charge in [-0.1, -0.05) is 30.3 Å². The highest BCUT2D eigenvalue weighted by Gasteiger charge is 2.28. The summed E-state index contributed by atoms with van der Waals surface area (Å²) >= 11 is 1.57. The number of thiazole rings is 1. The number of likely N-dealkylation sites (tertiary alicyclic amines) is 1. The Morgan fingerprint density at radius 1 is 1.26 bits per heavy atom. The van der Waals surface area contributed by atoms with E-state index in [4.69, 9.17) is 5.73 Å². The molecule has 1 aromatic heterocycles. The van der Waals surface area contributed by atoms with E-state index >= 15 is 0 Å². The molecule has 0 bridgehead atoms. The summed E-state index contributed by atoms with van der Waals surface area (Å²) in [6.07, 6.45) is 1.44. The van der Waals surface area contributed by atoms with Crippen LogP contribution in [0.2, 0.25) is 0 Å². The van der Waals surface area contributed by atoms with Crippen LogP contribution in [0.1, 0.15) is 25.5 Å². The number of rotatable bonds is 4. The maximum atomic E-state index is 12.6. The molecule has 0 radical (unpaired) electrons. The van der Waals surface area contributed by atoms with E-state index in [1.165, 1.54) is 6.92 Å². The average Bonchev–Trinajstić information content (AvgIpc) is 3.02. The molecule has 3 N–H and O–H groups in total. The van der Waals surface area contributed by atoms with Gasteiger partial charge in [0.2, 0.25) is 11.8 Å². The predicted octanol–water partition coefficient (Wildman–Crippen LogP) is 2.43. The zero-order valence-corrected chi connectivity index (χ0v) is 16.9. The quantitative estimate of drug-likeness (QED) is 0.813. The molecule has 6 nitrogen and oxygen atoms in total. The van der Waals surface area contributed by atoms with E-state index in [1.807, 2.05) is 35.7 Å². The molecular formula is C19H25ClN4O2S. The fourth-order valence-electron chi connectivity index (χ4n) is 3.12. The number of amides is 2. The van der Waals surface area contributed by atoms with Gasteiger partial charge in [0.15, 0.2) is 0 Å². The number of carbonyl (C=O) groups is 2. The monoisotopic (exact) mass is 408 g/mol. The van der Waals surface area contributed by atoms with Crippen molar-refractivity contribution >= 4 is 35.6 Å². The second-order valence-corrected chi connectivity index (χ2v) is 7.54. The number of hydrogen-bond acceptors (Lipinski definition) is 5. The number of nitrogens with zero attached hydrogens (tertiary/aromatic N) is 2. The Bertz CT molecular complexity index is 768. The fourth-order valence-corrected chi connectivity index (χ4v) is 3.94. The Labute approximate surface area is 169 Å². The van der Waals surface area contributed by atoms with Crippen LogP contribution >= 0.6 is 23.7 Å². The van der Waals surface area contributed by atoms with Gasteiger partial charge < -0.3 is 16.0 Å². The first kappa shape index (κ1) is 21.3. The first-order valence-electron chi connectivity index (χ1n) is 8.81. The largest absolute Gasteiger partial charge is 0.350 e. The van der Waals surface area contributed by atoms with Crippen molar-refractivity contribution in [3.63, 3.8) is 0 Å². The van der Waals surface area contributed by atoms with Gasteiger partial charge in [0, 0.05) is 37.0 Å². The Morgan fingerprint density at radius 3 is 2.70 bits per heavy atom. The molecule has 0 spiro atoms. The lowest BCUT2D eigenvalue weighted by molar-refractivity contribution is -0.131. The van der Waals surface area contributed by atoms with Crippen LogP contribution in [0.5, 0.6) is 0 Å². The Hall–Kier alpha value is -1.96. The minimum Gasteiger partial charge on any atom is -0.350 e. The Morgan fingerprint density at radius 2 is 2.00 bits per heavy atom. The molecule has 3 rings (SSSR count). The van der Waals surface area contributed by atoms with Crippen molar-refractivity contribution in [1.82, 2.24) is 15.2 Å². The average molecular weight is 409 g/mol. The topological polar surface area (TPSA) is 88.3 Å².